The topological polar surface area (TPSA) is 54.0 Å². The van der Waals surface area contributed by atoms with E-state index in [-0.39, 0.29) is 0 Å². The van der Waals surface area contributed by atoms with Crippen LogP contribution in [0.4, 0.5) is 5.69 Å². The van der Waals surface area contributed by atoms with Gasteiger partial charge in [-0.1, -0.05) is 71.2 Å². The molecule has 0 saturated heterocycles. The van der Waals surface area contributed by atoms with Gasteiger partial charge in [0, 0.05) is 23.5 Å². The standard InChI is InChI=1S/C18H14Cl3N3O/c19-18(20,21)17(24-16(25)13-7-4-10-22-11-13)23-15-9-3-6-12-5-1-2-8-14(12)15/h1-11,17,23H,(H,24,25). The van der Waals surface area contributed by atoms with E-state index in [4.69, 9.17) is 34.8 Å². The minimum atomic E-state index is -1.76. The molecule has 0 aliphatic heterocycles. The van der Waals surface area contributed by atoms with Crippen molar-refractivity contribution >= 4 is 57.2 Å². The molecule has 0 radical (unpaired) electrons. The van der Waals surface area contributed by atoms with Crippen LogP contribution in [0.15, 0.2) is 67.0 Å². The second-order valence-electron chi connectivity index (χ2n) is 5.36. The molecule has 128 valence electrons. The lowest BCUT2D eigenvalue weighted by Gasteiger charge is -2.28. The average molecular weight is 395 g/mol. The van der Waals surface area contributed by atoms with Gasteiger partial charge in [0.05, 0.1) is 5.56 Å². The first-order chi connectivity index (χ1) is 11.9. The summed E-state index contributed by atoms with van der Waals surface area (Å²) < 4.78 is -1.76. The zero-order valence-electron chi connectivity index (χ0n) is 12.9. The Labute approximate surface area is 160 Å². The normalized spacial score (nSPS) is 12.6. The molecule has 0 aliphatic carbocycles. The number of fused-ring (bicyclic) bond motifs is 1. The van der Waals surface area contributed by atoms with E-state index in [0.717, 1.165) is 16.5 Å². The summed E-state index contributed by atoms with van der Waals surface area (Å²) >= 11 is 18.2. The Balaban J connectivity index is 1.88. The summed E-state index contributed by atoms with van der Waals surface area (Å²) in [6.07, 6.45) is 2.09. The van der Waals surface area contributed by atoms with Crippen molar-refractivity contribution in [2.45, 2.75) is 9.96 Å². The number of carbonyl (C=O) groups is 1. The van der Waals surface area contributed by atoms with Gasteiger partial charge in [0.25, 0.3) is 5.91 Å². The highest BCUT2D eigenvalue weighted by molar-refractivity contribution is 6.68. The van der Waals surface area contributed by atoms with E-state index in [2.05, 4.69) is 15.6 Å². The molecule has 0 aliphatic rings. The zero-order valence-corrected chi connectivity index (χ0v) is 15.2. The number of hydrogen-bond acceptors (Lipinski definition) is 3. The van der Waals surface area contributed by atoms with E-state index in [1.165, 1.54) is 6.20 Å². The molecule has 3 rings (SSSR count). The molecule has 3 aromatic rings. The number of benzene rings is 2. The van der Waals surface area contributed by atoms with E-state index in [0.29, 0.717) is 5.56 Å². The van der Waals surface area contributed by atoms with Crippen LogP contribution < -0.4 is 10.6 Å². The summed E-state index contributed by atoms with van der Waals surface area (Å²) in [5.74, 6) is -0.392. The number of amides is 1. The Morgan fingerprint density at radius 1 is 1.00 bits per heavy atom. The van der Waals surface area contributed by atoms with E-state index >= 15 is 0 Å². The summed E-state index contributed by atoms with van der Waals surface area (Å²) in [7, 11) is 0. The Hall–Kier alpha value is -2.01. The maximum absolute atomic E-state index is 12.4. The third kappa shape index (κ3) is 4.34. The smallest absolute Gasteiger partial charge is 0.254 e. The van der Waals surface area contributed by atoms with Gasteiger partial charge in [0.1, 0.15) is 6.17 Å². The molecular weight excluding hydrogens is 381 g/mol. The van der Waals surface area contributed by atoms with Crippen molar-refractivity contribution < 1.29 is 4.79 Å². The monoisotopic (exact) mass is 393 g/mol. The fraction of sp³-hybridized carbons (Fsp3) is 0.111. The molecule has 7 heteroatoms. The molecule has 2 N–H and O–H groups in total. The van der Waals surface area contributed by atoms with E-state index in [1.54, 1.807) is 18.3 Å². The van der Waals surface area contributed by atoms with Crippen LogP contribution in [0.3, 0.4) is 0 Å². The first-order valence-electron chi connectivity index (χ1n) is 7.47. The molecule has 1 heterocycles. The van der Waals surface area contributed by atoms with Crippen LogP contribution in [-0.4, -0.2) is 20.8 Å². The van der Waals surface area contributed by atoms with Gasteiger partial charge in [-0.2, -0.15) is 0 Å². The lowest BCUT2D eigenvalue weighted by atomic mass is 10.1. The van der Waals surface area contributed by atoms with Gasteiger partial charge in [-0.25, -0.2) is 0 Å². The molecular formula is C18H14Cl3N3O. The highest BCUT2D eigenvalue weighted by Crippen LogP contribution is 2.33. The van der Waals surface area contributed by atoms with Gasteiger partial charge in [0.2, 0.25) is 3.79 Å². The van der Waals surface area contributed by atoms with Crippen LogP contribution in [-0.2, 0) is 0 Å². The van der Waals surface area contributed by atoms with Crippen molar-refractivity contribution in [3.05, 3.63) is 72.6 Å². The number of pyridine rings is 1. The van der Waals surface area contributed by atoms with Gasteiger partial charge < -0.3 is 10.6 Å². The minimum Gasteiger partial charge on any atom is -0.361 e. The van der Waals surface area contributed by atoms with Gasteiger partial charge in [-0.3, -0.25) is 9.78 Å². The van der Waals surface area contributed by atoms with Crippen LogP contribution in [0.5, 0.6) is 0 Å². The number of aromatic nitrogens is 1. The molecule has 1 unspecified atom stereocenters. The third-order valence-electron chi connectivity index (χ3n) is 3.62. The van der Waals surface area contributed by atoms with Crippen LogP contribution >= 0.6 is 34.8 Å². The Morgan fingerprint density at radius 3 is 2.48 bits per heavy atom. The molecule has 0 saturated carbocycles. The largest absolute Gasteiger partial charge is 0.361 e. The van der Waals surface area contributed by atoms with E-state index in [1.807, 2.05) is 42.5 Å². The number of alkyl halides is 3. The summed E-state index contributed by atoms with van der Waals surface area (Å²) in [5.41, 5.74) is 1.13. The molecule has 25 heavy (non-hydrogen) atoms. The number of halogens is 3. The third-order valence-corrected chi connectivity index (χ3v) is 4.27. The molecule has 0 bridgehead atoms. The lowest BCUT2D eigenvalue weighted by molar-refractivity contribution is 0.0941. The number of anilines is 1. The lowest BCUT2D eigenvalue weighted by Crippen LogP contribution is -2.49. The van der Waals surface area contributed by atoms with Crippen molar-refractivity contribution in [1.82, 2.24) is 10.3 Å². The maximum Gasteiger partial charge on any atom is 0.254 e. The number of rotatable bonds is 4. The predicted molar refractivity (Wildman–Crippen MR) is 103 cm³/mol. The quantitative estimate of drug-likeness (QED) is 0.495. The maximum atomic E-state index is 12.4. The van der Waals surface area contributed by atoms with Crippen LogP contribution in [0.2, 0.25) is 0 Å². The second kappa shape index (κ2) is 7.48. The van der Waals surface area contributed by atoms with Crippen molar-refractivity contribution in [3.63, 3.8) is 0 Å². The van der Waals surface area contributed by atoms with E-state index < -0.39 is 15.9 Å². The molecule has 2 aromatic carbocycles. The Morgan fingerprint density at radius 2 is 1.76 bits per heavy atom. The van der Waals surface area contributed by atoms with Gasteiger partial charge in [-0.05, 0) is 23.6 Å². The summed E-state index contributed by atoms with van der Waals surface area (Å²) in [4.78, 5) is 16.3. The first kappa shape index (κ1) is 17.8. The van der Waals surface area contributed by atoms with Crippen LogP contribution in [0.25, 0.3) is 10.8 Å². The second-order valence-corrected chi connectivity index (χ2v) is 7.73. The molecule has 1 atom stereocenters. The Kier molecular flexibility index (Phi) is 5.33. The SMILES string of the molecule is O=C(NC(Nc1cccc2ccccc12)C(Cl)(Cl)Cl)c1cccnc1. The highest BCUT2D eigenvalue weighted by Gasteiger charge is 2.34. The summed E-state index contributed by atoms with van der Waals surface area (Å²) in [6, 6.07) is 16.8. The predicted octanol–water partition coefficient (Wildman–Crippen LogP) is 4.77. The minimum absolute atomic E-state index is 0.376. The summed E-state index contributed by atoms with van der Waals surface area (Å²) in [6.45, 7) is 0. The van der Waals surface area contributed by atoms with Gasteiger partial charge in [0.15, 0.2) is 0 Å². The van der Waals surface area contributed by atoms with Crippen LogP contribution in [0, 0.1) is 0 Å². The van der Waals surface area contributed by atoms with Crippen molar-refractivity contribution in [1.29, 1.82) is 0 Å². The van der Waals surface area contributed by atoms with E-state index in [9.17, 15) is 4.79 Å². The molecule has 0 spiro atoms. The van der Waals surface area contributed by atoms with Crippen molar-refractivity contribution in [3.8, 4) is 0 Å². The number of hydrogen-bond donors (Lipinski definition) is 2. The van der Waals surface area contributed by atoms with Gasteiger partial charge in [-0.15, -0.1) is 0 Å². The number of nitrogens with one attached hydrogen (secondary N) is 2. The van der Waals surface area contributed by atoms with Gasteiger partial charge >= 0.3 is 0 Å². The highest BCUT2D eigenvalue weighted by atomic mass is 35.6. The van der Waals surface area contributed by atoms with Crippen LogP contribution in [0.1, 0.15) is 10.4 Å². The molecule has 1 amide bonds. The number of carbonyl (C=O) groups excluding carboxylic acids is 1. The zero-order chi connectivity index (χ0) is 17.9. The average Bonchev–Trinajstić information content (AvgIpc) is 2.61. The fourth-order valence-corrected chi connectivity index (χ4v) is 2.75. The van der Waals surface area contributed by atoms with Crippen molar-refractivity contribution in [2.24, 2.45) is 0 Å². The number of nitrogens with zero attached hydrogens (tertiary/aromatic N) is 1. The molecule has 1 aromatic heterocycles. The fourth-order valence-electron chi connectivity index (χ4n) is 2.42. The molecule has 4 nitrogen and oxygen atoms in total. The molecule has 0 fully saturated rings. The Bertz CT molecular complexity index is 876. The summed E-state index contributed by atoms with van der Waals surface area (Å²) in [5, 5.41) is 7.81. The van der Waals surface area contributed by atoms with Crippen molar-refractivity contribution in [2.75, 3.05) is 5.32 Å². The first-order valence-corrected chi connectivity index (χ1v) is 8.60.